The summed E-state index contributed by atoms with van der Waals surface area (Å²) in [5.74, 6) is 0.914. The Balaban J connectivity index is 2.09. The average molecular weight is 300 g/mol. The Morgan fingerprint density at radius 2 is 2.00 bits per heavy atom. The largest absolute Gasteiger partial charge is 0.492 e. The van der Waals surface area contributed by atoms with Gasteiger partial charge in [-0.1, -0.05) is 42.8 Å². The molecule has 0 aliphatic rings. The van der Waals surface area contributed by atoms with Crippen LogP contribution in [0.3, 0.4) is 0 Å². The normalized spacial score (nSPS) is 11.5. The fourth-order valence-corrected chi connectivity index (χ4v) is 1.76. The van der Waals surface area contributed by atoms with Crippen LogP contribution in [0.15, 0.2) is 28.7 Å². The summed E-state index contributed by atoms with van der Waals surface area (Å²) in [6, 6.07) is 7.93. The van der Waals surface area contributed by atoms with Crippen LogP contribution in [0.5, 0.6) is 5.75 Å². The van der Waals surface area contributed by atoms with Crippen molar-refractivity contribution in [3.05, 3.63) is 28.7 Å². The van der Waals surface area contributed by atoms with E-state index in [1.165, 1.54) is 6.42 Å². The van der Waals surface area contributed by atoms with Crippen molar-refractivity contribution >= 4 is 15.9 Å². The van der Waals surface area contributed by atoms with Crippen LogP contribution in [-0.2, 0) is 0 Å². The maximum Gasteiger partial charge on any atom is 0.120 e. The first-order chi connectivity index (χ1) is 7.97. The molecule has 0 aliphatic heterocycles. The molecule has 17 heavy (non-hydrogen) atoms. The first-order valence-electron chi connectivity index (χ1n) is 6.06. The maximum atomic E-state index is 5.63. The highest BCUT2D eigenvalue weighted by Gasteiger charge is 2.08. The lowest BCUT2D eigenvalue weighted by Gasteiger charge is -2.18. The van der Waals surface area contributed by atoms with E-state index in [0.717, 1.165) is 23.3 Å². The fourth-order valence-electron chi connectivity index (χ4n) is 1.39. The van der Waals surface area contributed by atoms with E-state index in [4.69, 9.17) is 4.74 Å². The standard InChI is InChI=1S/C14H22BrNO/c1-14(2,3)7-8-16-9-10-17-13-6-4-5-12(15)11-13/h4-6,11,16H,7-10H2,1-3H3. The number of nitrogens with one attached hydrogen (secondary N) is 1. The van der Waals surface area contributed by atoms with Gasteiger partial charge in [0.2, 0.25) is 0 Å². The number of hydrogen-bond donors (Lipinski definition) is 1. The van der Waals surface area contributed by atoms with Gasteiger partial charge in [-0.05, 0) is 36.6 Å². The molecule has 0 aliphatic carbocycles. The van der Waals surface area contributed by atoms with Crippen molar-refractivity contribution in [2.45, 2.75) is 27.2 Å². The Kier molecular flexibility index (Phi) is 6.00. The molecule has 0 spiro atoms. The third-order valence-corrected chi connectivity index (χ3v) is 2.89. The molecule has 1 rings (SSSR count). The Bertz CT molecular complexity index is 333. The van der Waals surface area contributed by atoms with E-state index in [1.54, 1.807) is 0 Å². The van der Waals surface area contributed by atoms with E-state index >= 15 is 0 Å². The zero-order chi connectivity index (χ0) is 12.7. The summed E-state index contributed by atoms with van der Waals surface area (Å²) in [5.41, 5.74) is 0.401. The van der Waals surface area contributed by atoms with Gasteiger partial charge in [0, 0.05) is 11.0 Å². The molecule has 0 bridgehead atoms. The summed E-state index contributed by atoms with van der Waals surface area (Å²) in [6.45, 7) is 9.42. The highest BCUT2D eigenvalue weighted by atomic mass is 79.9. The minimum absolute atomic E-state index is 0.401. The fraction of sp³-hybridized carbons (Fsp3) is 0.571. The van der Waals surface area contributed by atoms with Crippen molar-refractivity contribution in [1.29, 1.82) is 0 Å². The lowest BCUT2D eigenvalue weighted by molar-refractivity contribution is 0.304. The summed E-state index contributed by atoms with van der Waals surface area (Å²) in [5, 5.41) is 3.39. The SMILES string of the molecule is CC(C)(C)CCNCCOc1cccc(Br)c1. The van der Waals surface area contributed by atoms with Crippen molar-refractivity contribution in [3.8, 4) is 5.75 Å². The van der Waals surface area contributed by atoms with Crippen molar-refractivity contribution < 1.29 is 4.74 Å². The van der Waals surface area contributed by atoms with Gasteiger partial charge in [0.1, 0.15) is 12.4 Å². The Morgan fingerprint density at radius 3 is 2.65 bits per heavy atom. The number of ether oxygens (including phenoxy) is 1. The van der Waals surface area contributed by atoms with E-state index in [-0.39, 0.29) is 0 Å². The summed E-state index contributed by atoms with van der Waals surface area (Å²) in [4.78, 5) is 0. The minimum atomic E-state index is 0.401. The third-order valence-electron chi connectivity index (χ3n) is 2.40. The van der Waals surface area contributed by atoms with Crippen LogP contribution in [0.25, 0.3) is 0 Å². The molecule has 0 saturated carbocycles. The maximum absolute atomic E-state index is 5.63. The molecule has 1 aromatic carbocycles. The monoisotopic (exact) mass is 299 g/mol. The van der Waals surface area contributed by atoms with E-state index in [2.05, 4.69) is 42.0 Å². The molecule has 0 amide bonds. The molecule has 0 heterocycles. The van der Waals surface area contributed by atoms with Gasteiger partial charge in [-0.15, -0.1) is 0 Å². The Morgan fingerprint density at radius 1 is 1.24 bits per heavy atom. The quantitative estimate of drug-likeness (QED) is 0.806. The van der Waals surface area contributed by atoms with Crippen LogP contribution < -0.4 is 10.1 Å². The van der Waals surface area contributed by atoms with Gasteiger partial charge >= 0.3 is 0 Å². The molecule has 0 radical (unpaired) electrons. The zero-order valence-electron chi connectivity index (χ0n) is 10.9. The third kappa shape index (κ3) is 7.40. The van der Waals surface area contributed by atoms with Crippen molar-refractivity contribution in [3.63, 3.8) is 0 Å². The molecule has 0 atom stereocenters. The number of hydrogen-bond acceptors (Lipinski definition) is 2. The molecular weight excluding hydrogens is 278 g/mol. The molecule has 3 heteroatoms. The molecule has 2 nitrogen and oxygen atoms in total. The average Bonchev–Trinajstić information content (AvgIpc) is 2.22. The topological polar surface area (TPSA) is 21.3 Å². The Labute approximate surface area is 113 Å². The highest BCUT2D eigenvalue weighted by molar-refractivity contribution is 9.10. The number of rotatable bonds is 6. The second-order valence-corrected chi connectivity index (χ2v) is 6.28. The summed E-state index contributed by atoms with van der Waals surface area (Å²) in [6.07, 6.45) is 1.18. The van der Waals surface area contributed by atoms with Crippen LogP contribution in [0, 0.1) is 5.41 Å². The van der Waals surface area contributed by atoms with Gasteiger partial charge in [-0.3, -0.25) is 0 Å². The second-order valence-electron chi connectivity index (χ2n) is 5.37. The summed E-state index contributed by atoms with van der Waals surface area (Å²) >= 11 is 3.42. The predicted molar refractivity (Wildman–Crippen MR) is 76.6 cm³/mol. The van der Waals surface area contributed by atoms with Crippen molar-refractivity contribution in [2.75, 3.05) is 19.7 Å². The first kappa shape index (κ1) is 14.5. The van der Waals surface area contributed by atoms with Gasteiger partial charge in [0.15, 0.2) is 0 Å². The van der Waals surface area contributed by atoms with E-state index < -0.39 is 0 Å². The highest BCUT2D eigenvalue weighted by Crippen LogP contribution is 2.18. The lowest BCUT2D eigenvalue weighted by Crippen LogP contribution is -2.25. The molecule has 0 fully saturated rings. The summed E-state index contributed by atoms with van der Waals surface area (Å²) < 4.78 is 6.68. The molecule has 96 valence electrons. The molecule has 1 aromatic rings. The zero-order valence-corrected chi connectivity index (χ0v) is 12.5. The van der Waals surface area contributed by atoms with Gasteiger partial charge in [-0.2, -0.15) is 0 Å². The van der Waals surface area contributed by atoms with Crippen molar-refractivity contribution in [2.24, 2.45) is 5.41 Å². The van der Waals surface area contributed by atoms with Gasteiger partial charge in [0.25, 0.3) is 0 Å². The van der Waals surface area contributed by atoms with Crippen LogP contribution in [0.4, 0.5) is 0 Å². The molecular formula is C14H22BrNO. The van der Waals surface area contributed by atoms with Crippen LogP contribution >= 0.6 is 15.9 Å². The van der Waals surface area contributed by atoms with E-state index in [0.29, 0.717) is 12.0 Å². The van der Waals surface area contributed by atoms with Crippen LogP contribution in [0.2, 0.25) is 0 Å². The van der Waals surface area contributed by atoms with E-state index in [1.807, 2.05) is 24.3 Å². The van der Waals surface area contributed by atoms with Gasteiger partial charge in [-0.25, -0.2) is 0 Å². The van der Waals surface area contributed by atoms with Crippen LogP contribution in [-0.4, -0.2) is 19.7 Å². The number of halogens is 1. The van der Waals surface area contributed by atoms with Gasteiger partial charge < -0.3 is 10.1 Å². The minimum Gasteiger partial charge on any atom is -0.492 e. The second kappa shape index (κ2) is 7.02. The molecule has 0 saturated heterocycles. The smallest absolute Gasteiger partial charge is 0.120 e. The Hall–Kier alpha value is -0.540. The molecule has 0 aromatic heterocycles. The predicted octanol–water partition coefficient (Wildman–Crippen LogP) is 3.85. The lowest BCUT2D eigenvalue weighted by atomic mass is 9.92. The number of benzene rings is 1. The van der Waals surface area contributed by atoms with E-state index in [9.17, 15) is 0 Å². The summed E-state index contributed by atoms with van der Waals surface area (Å²) in [7, 11) is 0. The van der Waals surface area contributed by atoms with Gasteiger partial charge in [0.05, 0.1) is 0 Å². The molecule has 1 N–H and O–H groups in total. The first-order valence-corrected chi connectivity index (χ1v) is 6.86. The molecule has 0 unspecified atom stereocenters. The van der Waals surface area contributed by atoms with Crippen LogP contribution in [0.1, 0.15) is 27.2 Å². The van der Waals surface area contributed by atoms with Crippen molar-refractivity contribution in [1.82, 2.24) is 5.32 Å².